The summed E-state index contributed by atoms with van der Waals surface area (Å²) in [5.74, 6) is -0.513. The van der Waals surface area contributed by atoms with E-state index in [9.17, 15) is 14.4 Å². The van der Waals surface area contributed by atoms with Crippen LogP contribution in [0.3, 0.4) is 0 Å². The van der Waals surface area contributed by atoms with Crippen LogP contribution in [0.2, 0.25) is 0 Å². The average molecular weight is 281 g/mol. The minimum Gasteiger partial charge on any atom is -0.453 e. The molecular weight excluding hydrogens is 270 g/mol. The number of hydrogen-bond acceptors (Lipinski definition) is 4. The van der Waals surface area contributed by atoms with Gasteiger partial charge in [0.25, 0.3) is 0 Å². The monoisotopic (exact) mass is 281 g/mol. The van der Waals surface area contributed by atoms with Gasteiger partial charge in [0, 0.05) is 16.7 Å². The predicted octanol–water partition coefficient (Wildman–Crippen LogP) is 2.64. The van der Waals surface area contributed by atoms with E-state index in [1.165, 1.54) is 7.11 Å². The summed E-state index contributed by atoms with van der Waals surface area (Å²) in [7, 11) is 1.23. The largest absolute Gasteiger partial charge is 0.453 e. The van der Waals surface area contributed by atoms with Gasteiger partial charge in [-0.3, -0.25) is 14.9 Å². The molecule has 0 aliphatic heterocycles. The van der Waals surface area contributed by atoms with Crippen LogP contribution in [0.25, 0.3) is 0 Å². The molecule has 21 heavy (non-hydrogen) atoms. The molecule has 0 heterocycles. The molecule has 5 heteroatoms. The number of ketones is 2. The second-order valence-electron chi connectivity index (χ2n) is 4.55. The molecule has 1 aliphatic carbocycles. The number of carbonyl (C=O) groups is 3. The van der Waals surface area contributed by atoms with Crippen LogP contribution in [0.15, 0.2) is 42.5 Å². The van der Waals surface area contributed by atoms with E-state index in [-0.39, 0.29) is 28.4 Å². The van der Waals surface area contributed by atoms with Gasteiger partial charge in [-0.15, -0.1) is 0 Å². The van der Waals surface area contributed by atoms with Gasteiger partial charge >= 0.3 is 6.09 Å². The highest BCUT2D eigenvalue weighted by molar-refractivity contribution is 6.30. The molecule has 0 spiro atoms. The third-order valence-electron chi connectivity index (χ3n) is 3.37. The van der Waals surface area contributed by atoms with Crippen LogP contribution in [0.4, 0.5) is 10.5 Å². The summed E-state index contributed by atoms with van der Waals surface area (Å²) >= 11 is 0. The van der Waals surface area contributed by atoms with Crippen molar-refractivity contribution in [3.8, 4) is 0 Å². The summed E-state index contributed by atoms with van der Waals surface area (Å²) in [6, 6.07) is 11.4. The van der Waals surface area contributed by atoms with Gasteiger partial charge in [-0.1, -0.05) is 36.4 Å². The zero-order chi connectivity index (χ0) is 15.0. The molecule has 0 aromatic heterocycles. The van der Waals surface area contributed by atoms with Crippen molar-refractivity contribution in [1.29, 1.82) is 0 Å². The van der Waals surface area contributed by atoms with Crippen LogP contribution in [0.5, 0.6) is 0 Å². The number of carbonyl (C=O) groups excluding carboxylic acids is 3. The Morgan fingerprint density at radius 3 is 2.19 bits per heavy atom. The standard InChI is InChI=1S/C16H11NO4/c1-21-16(20)17-12-8-4-7-11-13(12)15(19)10-6-3-2-5-9(10)14(11)18/h2-8H,1H3,(H,17,20). The van der Waals surface area contributed by atoms with Crippen molar-refractivity contribution in [3.05, 3.63) is 64.7 Å². The first-order valence-corrected chi connectivity index (χ1v) is 6.30. The van der Waals surface area contributed by atoms with Crippen molar-refractivity contribution in [2.24, 2.45) is 0 Å². The van der Waals surface area contributed by atoms with Crippen molar-refractivity contribution in [2.45, 2.75) is 0 Å². The minimum absolute atomic E-state index is 0.201. The minimum atomic E-state index is -0.692. The van der Waals surface area contributed by atoms with Crippen molar-refractivity contribution in [3.63, 3.8) is 0 Å². The van der Waals surface area contributed by atoms with E-state index in [4.69, 9.17) is 0 Å². The zero-order valence-electron chi connectivity index (χ0n) is 11.2. The van der Waals surface area contributed by atoms with Gasteiger partial charge in [0.05, 0.1) is 18.4 Å². The number of fused-ring (bicyclic) bond motifs is 2. The Kier molecular flexibility index (Phi) is 3.02. The molecule has 0 unspecified atom stereocenters. The predicted molar refractivity (Wildman–Crippen MR) is 75.8 cm³/mol. The van der Waals surface area contributed by atoms with Gasteiger partial charge in [-0.05, 0) is 6.07 Å². The fourth-order valence-electron chi connectivity index (χ4n) is 2.41. The Balaban J connectivity index is 2.19. The molecule has 1 aliphatic rings. The number of ether oxygens (including phenoxy) is 1. The molecule has 1 N–H and O–H groups in total. The third kappa shape index (κ3) is 1.99. The lowest BCUT2D eigenvalue weighted by Gasteiger charge is -2.19. The summed E-state index contributed by atoms with van der Waals surface area (Å²) < 4.78 is 4.53. The Hall–Kier alpha value is -2.95. The molecule has 3 rings (SSSR count). The molecule has 104 valence electrons. The van der Waals surface area contributed by atoms with Crippen LogP contribution in [-0.4, -0.2) is 24.8 Å². The number of amides is 1. The molecule has 5 nitrogen and oxygen atoms in total. The zero-order valence-corrected chi connectivity index (χ0v) is 11.2. The summed E-state index contributed by atoms with van der Waals surface area (Å²) in [5, 5.41) is 2.47. The highest BCUT2D eigenvalue weighted by Crippen LogP contribution is 2.31. The van der Waals surface area contributed by atoms with E-state index < -0.39 is 6.09 Å². The number of nitrogens with one attached hydrogen (secondary N) is 1. The van der Waals surface area contributed by atoms with Crippen molar-refractivity contribution in [2.75, 3.05) is 12.4 Å². The molecule has 2 aromatic carbocycles. The number of rotatable bonds is 1. The normalized spacial score (nSPS) is 12.4. The van der Waals surface area contributed by atoms with E-state index in [0.29, 0.717) is 11.1 Å². The van der Waals surface area contributed by atoms with E-state index in [0.717, 1.165) is 0 Å². The fraction of sp³-hybridized carbons (Fsp3) is 0.0625. The smallest absolute Gasteiger partial charge is 0.411 e. The highest BCUT2D eigenvalue weighted by Gasteiger charge is 2.31. The molecule has 0 saturated carbocycles. The van der Waals surface area contributed by atoms with Gasteiger partial charge in [0.1, 0.15) is 0 Å². The Bertz CT molecular complexity index is 780. The molecule has 0 radical (unpaired) electrons. The lowest BCUT2D eigenvalue weighted by molar-refractivity contribution is 0.0979. The first-order valence-electron chi connectivity index (χ1n) is 6.30. The first kappa shape index (κ1) is 13.1. The summed E-state index contributed by atoms with van der Waals surface area (Å²) in [5.41, 5.74) is 1.48. The van der Waals surface area contributed by atoms with E-state index >= 15 is 0 Å². The molecular formula is C16H11NO4. The quantitative estimate of drug-likeness (QED) is 0.744. The van der Waals surface area contributed by atoms with Gasteiger partial charge in [0.15, 0.2) is 11.6 Å². The van der Waals surface area contributed by atoms with Crippen LogP contribution in [0.1, 0.15) is 31.8 Å². The SMILES string of the molecule is COC(=O)Nc1cccc2c1C(=O)c1ccccc1C2=O. The molecule has 0 fully saturated rings. The molecule has 0 saturated heterocycles. The molecule has 1 amide bonds. The first-order chi connectivity index (χ1) is 10.1. The van der Waals surface area contributed by atoms with Gasteiger partial charge in [0.2, 0.25) is 0 Å². The lowest BCUT2D eigenvalue weighted by Crippen LogP contribution is -2.23. The number of methoxy groups -OCH3 is 1. The highest BCUT2D eigenvalue weighted by atomic mass is 16.5. The second kappa shape index (κ2) is 4.86. The summed E-state index contributed by atoms with van der Waals surface area (Å²) in [6.07, 6.45) is -0.692. The van der Waals surface area contributed by atoms with Crippen LogP contribution in [0, 0.1) is 0 Å². The topological polar surface area (TPSA) is 72.5 Å². The van der Waals surface area contributed by atoms with Gasteiger partial charge < -0.3 is 4.74 Å². The number of anilines is 1. The maximum atomic E-state index is 12.6. The third-order valence-corrected chi connectivity index (χ3v) is 3.37. The second-order valence-corrected chi connectivity index (χ2v) is 4.55. The van der Waals surface area contributed by atoms with Crippen LogP contribution < -0.4 is 5.32 Å². The number of benzene rings is 2. The maximum absolute atomic E-state index is 12.6. The molecule has 2 aromatic rings. The fourth-order valence-corrected chi connectivity index (χ4v) is 2.41. The van der Waals surface area contributed by atoms with Crippen LogP contribution in [-0.2, 0) is 4.74 Å². The Labute approximate surface area is 120 Å². The van der Waals surface area contributed by atoms with E-state index in [1.54, 1.807) is 42.5 Å². The summed E-state index contributed by atoms with van der Waals surface area (Å²) in [4.78, 5) is 36.4. The average Bonchev–Trinajstić information content (AvgIpc) is 2.52. The maximum Gasteiger partial charge on any atom is 0.411 e. The van der Waals surface area contributed by atoms with Crippen molar-refractivity contribution in [1.82, 2.24) is 0 Å². The Morgan fingerprint density at radius 2 is 1.52 bits per heavy atom. The lowest BCUT2D eigenvalue weighted by atomic mass is 9.83. The van der Waals surface area contributed by atoms with E-state index in [1.807, 2.05) is 0 Å². The van der Waals surface area contributed by atoms with Gasteiger partial charge in [-0.2, -0.15) is 0 Å². The Morgan fingerprint density at radius 1 is 0.905 bits per heavy atom. The number of hydrogen-bond donors (Lipinski definition) is 1. The van der Waals surface area contributed by atoms with Crippen molar-refractivity contribution >= 4 is 23.3 Å². The van der Waals surface area contributed by atoms with Gasteiger partial charge in [-0.25, -0.2) is 4.79 Å². The molecule has 0 bridgehead atoms. The molecule has 0 atom stereocenters. The van der Waals surface area contributed by atoms with Crippen LogP contribution >= 0.6 is 0 Å². The summed E-state index contributed by atoms with van der Waals surface area (Å²) in [6.45, 7) is 0. The van der Waals surface area contributed by atoms with Crippen molar-refractivity contribution < 1.29 is 19.1 Å². The van der Waals surface area contributed by atoms with E-state index in [2.05, 4.69) is 10.1 Å².